The van der Waals surface area contributed by atoms with Gasteiger partial charge in [0.1, 0.15) is 0 Å². The molecule has 0 aliphatic carbocycles. The minimum absolute atomic E-state index is 0.129. The van der Waals surface area contributed by atoms with Crippen molar-refractivity contribution < 1.29 is 5.11 Å². The highest BCUT2D eigenvalue weighted by molar-refractivity contribution is 6.31. The summed E-state index contributed by atoms with van der Waals surface area (Å²) in [6.07, 6.45) is 2.65. The highest BCUT2D eigenvalue weighted by atomic mass is 35.5. The van der Waals surface area contributed by atoms with E-state index in [1.807, 2.05) is 24.7 Å². The molecule has 1 aromatic rings. The second kappa shape index (κ2) is 6.79. The summed E-state index contributed by atoms with van der Waals surface area (Å²) in [5.74, 6) is 0. The van der Waals surface area contributed by atoms with Crippen molar-refractivity contribution in [1.82, 2.24) is 14.7 Å². The summed E-state index contributed by atoms with van der Waals surface area (Å²) >= 11 is 6.28. The molecule has 0 spiro atoms. The van der Waals surface area contributed by atoms with Gasteiger partial charge in [0.25, 0.3) is 0 Å². The van der Waals surface area contributed by atoms with E-state index in [1.165, 1.54) is 0 Å². The van der Waals surface area contributed by atoms with E-state index in [2.05, 4.69) is 16.6 Å². The molecular weight excluding hydrogens is 238 g/mol. The first-order chi connectivity index (χ1) is 8.13. The molecule has 0 saturated carbocycles. The summed E-state index contributed by atoms with van der Waals surface area (Å²) in [4.78, 5) is 2.08. The Kier molecular flexibility index (Phi) is 5.68. The zero-order valence-electron chi connectivity index (χ0n) is 10.5. The van der Waals surface area contributed by atoms with Gasteiger partial charge in [0.2, 0.25) is 0 Å². The van der Waals surface area contributed by atoms with Gasteiger partial charge >= 0.3 is 0 Å². The van der Waals surface area contributed by atoms with Crippen LogP contribution in [0.2, 0.25) is 5.02 Å². The lowest BCUT2D eigenvalue weighted by atomic mass is 10.3. The van der Waals surface area contributed by atoms with Crippen molar-refractivity contribution in [3.8, 4) is 0 Å². The van der Waals surface area contributed by atoms with Gasteiger partial charge in [0.15, 0.2) is 0 Å². The highest BCUT2D eigenvalue weighted by Gasteiger charge is 2.15. The van der Waals surface area contributed by atoms with Gasteiger partial charge < -0.3 is 5.11 Å². The van der Waals surface area contributed by atoms with E-state index in [9.17, 15) is 0 Å². The first-order valence-corrected chi connectivity index (χ1v) is 6.16. The van der Waals surface area contributed by atoms with Crippen LogP contribution in [0.1, 0.15) is 18.3 Å². The fourth-order valence-electron chi connectivity index (χ4n) is 1.76. The van der Waals surface area contributed by atoms with Crippen LogP contribution in [0.25, 0.3) is 0 Å². The van der Waals surface area contributed by atoms with Gasteiger partial charge in [-0.05, 0) is 6.42 Å². The number of aromatic nitrogens is 2. The van der Waals surface area contributed by atoms with Gasteiger partial charge in [-0.1, -0.05) is 24.6 Å². The monoisotopic (exact) mass is 257 g/mol. The standard InChI is InChI=1S/C12H20ClN3O/c1-4-6-16(7-8-17)9-11-12(13)10(5-2)14-15(11)3/h4,17H,1,5-9H2,2-3H3. The molecule has 1 heterocycles. The molecule has 0 bridgehead atoms. The Bertz CT molecular complexity index is 376. The Hall–Kier alpha value is -0.840. The van der Waals surface area contributed by atoms with Crippen molar-refractivity contribution in [3.63, 3.8) is 0 Å². The number of aliphatic hydroxyl groups excluding tert-OH is 1. The Balaban J connectivity index is 2.84. The Morgan fingerprint density at radius 2 is 2.29 bits per heavy atom. The SMILES string of the molecule is C=CCN(CCO)Cc1c(Cl)c(CC)nn1C. The number of hydrogen-bond acceptors (Lipinski definition) is 3. The Labute approximate surface area is 107 Å². The third-order valence-corrected chi connectivity index (χ3v) is 3.12. The van der Waals surface area contributed by atoms with E-state index in [0.29, 0.717) is 13.1 Å². The van der Waals surface area contributed by atoms with E-state index in [0.717, 1.165) is 29.4 Å². The fraction of sp³-hybridized carbons (Fsp3) is 0.583. The molecular formula is C12H20ClN3O. The van der Waals surface area contributed by atoms with Crippen LogP contribution in [0.5, 0.6) is 0 Å². The lowest BCUT2D eigenvalue weighted by Crippen LogP contribution is -2.27. The molecule has 0 fully saturated rings. The largest absolute Gasteiger partial charge is 0.395 e. The van der Waals surface area contributed by atoms with Gasteiger partial charge in [-0.15, -0.1) is 6.58 Å². The maximum atomic E-state index is 9.00. The molecule has 0 amide bonds. The molecule has 0 saturated heterocycles. The zero-order valence-corrected chi connectivity index (χ0v) is 11.2. The van der Waals surface area contributed by atoms with E-state index in [4.69, 9.17) is 16.7 Å². The van der Waals surface area contributed by atoms with Crippen molar-refractivity contribution in [2.75, 3.05) is 19.7 Å². The van der Waals surface area contributed by atoms with Gasteiger partial charge in [-0.3, -0.25) is 9.58 Å². The average Bonchev–Trinajstić information content (AvgIpc) is 2.57. The topological polar surface area (TPSA) is 41.3 Å². The summed E-state index contributed by atoms with van der Waals surface area (Å²) in [6.45, 7) is 7.88. The van der Waals surface area contributed by atoms with Crippen molar-refractivity contribution in [1.29, 1.82) is 0 Å². The van der Waals surface area contributed by atoms with Gasteiger partial charge in [0, 0.05) is 26.7 Å². The van der Waals surface area contributed by atoms with Crippen LogP contribution >= 0.6 is 11.6 Å². The molecule has 0 aliphatic heterocycles. The number of aliphatic hydroxyl groups is 1. The van der Waals surface area contributed by atoms with Crippen LogP contribution in [0.3, 0.4) is 0 Å². The number of halogens is 1. The fourth-order valence-corrected chi connectivity index (χ4v) is 2.12. The summed E-state index contributed by atoms with van der Waals surface area (Å²) in [5.41, 5.74) is 1.91. The minimum atomic E-state index is 0.129. The van der Waals surface area contributed by atoms with Gasteiger partial charge in [0.05, 0.1) is 23.0 Å². The van der Waals surface area contributed by atoms with Gasteiger partial charge in [-0.25, -0.2) is 0 Å². The number of rotatable bonds is 7. The smallest absolute Gasteiger partial charge is 0.0863 e. The maximum absolute atomic E-state index is 9.00. The molecule has 1 aromatic heterocycles. The molecule has 96 valence electrons. The third kappa shape index (κ3) is 3.56. The van der Waals surface area contributed by atoms with Crippen molar-refractivity contribution >= 4 is 11.6 Å². The predicted octanol–water partition coefficient (Wildman–Crippen LogP) is 1.62. The number of hydrogen-bond donors (Lipinski definition) is 1. The lowest BCUT2D eigenvalue weighted by molar-refractivity contribution is 0.200. The first kappa shape index (κ1) is 14.2. The van der Waals surface area contributed by atoms with E-state index in [1.54, 1.807) is 0 Å². The maximum Gasteiger partial charge on any atom is 0.0863 e. The van der Waals surface area contributed by atoms with Crippen LogP contribution in [0, 0.1) is 0 Å². The summed E-state index contributed by atoms with van der Waals surface area (Å²) in [5, 5.41) is 14.1. The summed E-state index contributed by atoms with van der Waals surface area (Å²) in [7, 11) is 1.89. The van der Waals surface area contributed by atoms with Crippen LogP contribution < -0.4 is 0 Å². The van der Waals surface area contributed by atoms with Crippen molar-refractivity contribution in [2.45, 2.75) is 19.9 Å². The van der Waals surface area contributed by atoms with E-state index < -0.39 is 0 Å². The van der Waals surface area contributed by atoms with Gasteiger partial charge in [-0.2, -0.15) is 5.10 Å². The molecule has 0 aliphatic rings. The highest BCUT2D eigenvalue weighted by Crippen LogP contribution is 2.22. The molecule has 5 heteroatoms. The Morgan fingerprint density at radius 1 is 1.59 bits per heavy atom. The number of aryl methyl sites for hydroxylation is 2. The van der Waals surface area contributed by atoms with Crippen molar-refractivity contribution in [2.24, 2.45) is 7.05 Å². The summed E-state index contributed by atoms with van der Waals surface area (Å²) in [6, 6.07) is 0. The first-order valence-electron chi connectivity index (χ1n) is 5.78. The van der Waals surface area contributed by atoms with Crippen LogP contribution in [-0.2, 0) is 20.0 Å². The molecule has 1 N–H and O–H groups in total. The molecule has 0 atom stereocenters. The predicted molar refractivity (Wildman–Crippen MR) is 70.2 cm³/mol. The third-order valence-electron chi connectivity index (χ3n) is 2.68. The molecule has 0 aromatic carbocycles. The van der Waals surface area contributed by atoms with Crippen LogP contribution in [-0.4, -0.2) is 39.5 Å². The van der Waals surface area contributed by atoms with Crippen LogP contribution in [0.15, 0.2) is 12.7 Å². The zero-order chi connectivity index (χ0) is 12.8. The second-order valence-corrected chi connectivity index (χ2v) is 4.31. The molecule has 0 radical (unpaired) electrons. The minimum Gasteiger partial charge on any atom is -0.395 e. The number of nitrogens with zero attached hydrogens (tertiary/aromatic N) is 3. The second-order valence-electron chi connectivity index (χ2n) is 3.93. The quantitative estimate of drug-likeness (QED) is 0.755. The van der Waals surface area contributed by atoms with E-state index >= 15 is 0 Å². The normalized spacial score (nSPS) is 11.1. The van der Waals surface area contributed by atoms with E-state index in [-0.39, 0.29) is 6.61 Å². The molecule has 0 unspecified atom stereocenters. The average molecular weight is 258 g/mol. The molecule has 17 heavy (non-hydrogen) atoms. The lowest BCUT2D eigenvalue weighted by Gasteiger charge is -2.19. The molecule has 1 rings (SSSR count). The molecule has 4 nitrogen and oxygen atoms in total. The van der Waals surface area contributed by atoms with Crippen LogP contribution in [0.4, 0.5) is 0 Å². The summed E-state index contributed by atoms with van der Waals surface area (Å²) < 4.78 is 1.81. The Morgan fingerprint density at radius 3 is 2.76 bits per heavy atom. The van der Waals surface area contributed by atoms with Crippen molar-refractivity contribution in [3.05, 3.63) is 29.1 Å².